The molecule has 3 aliphatic heterocycles. The molecule has 0 N–H and O–H groups in total. The van der Waals surface area contributed by atoms with Gasteiger partial charge in [0, 0.05) is 0 Å². The van der Waals surface area contributed by atoms with Crippen LogP contribution in [0.5, 0.6) is 0 Å². The summed E-state index contributed by atoms with van der Waals surface area (Å²) in [5.74, 6) is 1.58. The SMILES string of the molecule is [B]1CC2[B]CC1C=C2. The van der Waals surface area contributed by atoms with Gasteiger partial charge >= 0.3 is 0 Å². The van der Waals surface area contributed by atoms with Crippen LogP contribution in [0, 0.1) is 0 Å². The molecular formula is C6H8B2. The van der Waals surface area contributed by atoms with E-state index in [0.717, 1.165) is 11.6 Å². The van der Waals surface area contributed by atoms with Gasteiger partial charge in [0.25, 0.3) is 0 Å². The number of fused-ring (bicyclic) bond motifs is 2. The molecule has 0 saturated carbocycles. The number of allylic oxidation sites excluding steroid dienone is 2. The van der Waals surface area contributed by atoms with E-state index in [-0.39, 0.29) is 0 Å². The van der Waals surface area contributed by atoms with Crippen LogP contribution in [0.3, 0.4) is 0 Å². The predicted molar refractivity (Wildman–Crippen MR) is 37.8 cm³/mol. The molecule has 1 saturated heterocycles. The maximum atomic E-state index is 2.42. The Balaban J connectivity index is 2.20. The molecule has 2 heteroatoms. The molecule has 38 valence electrons. The van der Waals surface area contributed by atoms with E-state index in [9.17, 15) is 0 Å². The zero-order valence-corrected chi connectivity index (χ0v) is 4.88. The van der Waals surface area contributed by atoms with Crippen molar-refractivity contribution in [3.63, 3.8) is 0 Å². The van der Waals surface area contributed by atoms with Gasteiger partial charge in [0.05, 0.1) is 0 Å². The second-order valence-corrected chi connectivity index (χ2v) is 2.66. The Morgan fingerprint density at radius 3 is 1.62 bits per heavy atom. The summed E-state index contributed by atoms with van der Waals surface area (Å²) >= 11 is 0. The second-order valence-electron chi connectivity index (χ2n) is 2.66. The highest BCUT2D eigenvalue weighted by Crippen LogP contribution is 2.34. The number of hydrogen-bond acceptors (Lipinski definition) is 0. The minimum absolute atomic E-state index is 0.792. The minimum atomic E-state index is 0.792. The first-order valence-electron chi connectivity index (χ1n) is 3.30. The number of rotatable bonds is 0. The van der Waals surface area contributed by atoms with Gasteiger partial charge in [-0.3, -0.25) is 0 Å². The van der Waals surface area contributed by atoms with E-state index in [0.29, 0.717) is 0 Å². The molecule has 2 bridgehead atoms. The van der Waals surface area contributed by atoms with Crippen molar-refractivity contribution in [2.45, 2.75) is 24.3 Å². The molecule has 3 heterocycles. The van der Waals surface area contributed by atoms with Crippen LogP contribution in [-0.4, -0.2) is 14.6 Å². The van der Waals surface area contributed by atoms with E-state index in [1.807, 2.05) is 0 Å². The van der Waals surface area contributed by atoms with Crippen molar-refractivity contribution in [2.24, 2.45) is 0 Å². The highest BCUT2D eigenvalue weighted by atomic mass is 14.1. The van der Waals surface area contributed by atoms with E-state index in [1.54, 1.807) is 0 Å². The highest BCUT2D eigenvalue weighted by Gasteiger charge is 2.23. The van der Waals surface area contributed by atoms with Gasteiger partial charge in [-0.2, -0.15) is 0 Å². The van der Waals surface area contributed by atoms with Crippen LogP contribution in [0.15, 0.2) is 12.2 Å². The van der Waals surface area contributed by atoms with Crippen molar-refractivity contribution in [2.75, 3.05) is 0 Å². The fourth-order valence-corrected chi connectivity index (χ4v) is 1.46. The molecule has 3 rings (SSSR count). The first-order valence-corrected chi connectivity index (χ1v) is 3.30. The lowest BCUT2D eigenvalue weighted by molar-refractivity contribution is 0.973. The molecule has 8 heavy (non-hydrogen) atoms. The van der Waals surface area contributed by atoms with Crippen LogP contribution in [-0.2, 0) is 0 Å². The standard InChI is InChI=1S/C6H8B2/c1-2-6-4-7-5(1)3-8-6/h1-2,5-6H,3-4H2. The van der Waals surface area contributed by atoms with Crippen LogP contribution in [0.1, 0.15) is 0 Å². The predicted octanol–water partition coefficient (Wildman–Crippen LogP) is 1.39. The van der Waals surface area contributed by atoms with Gasteiger partial charge in [0.1, 0.15) is 14.6 Å². The van der Waals surface area contributed by atoms with Crippen LogP contribution in [0.2, 0.25) is 24.3 Å². The summed E-state index contributed by atoms with van der Waals surface area (Å²) in [7, 11) is 4.84. The van der Waals surface area contributed by atoms with Gasteiger partial charge in [0.15, 0.2) is 0 Å². The Kier molecular flexibility index (Phi) is 0.991. The summed E-state index contributed by atoms with van der Waals surface area (Å²) in [4.78, 5) is 0. The van der Waals surface area contributed by atoms with Crippen molar-refractivity contribution < 1.29 is 0 Å². The Bertz CT molecular complexity index is 97.7. The zero-order chi connectivity index (χ0) is 5.40. The van der Waals surface area contributed by atoms with E-state index in [4.69, 9.17) is 0 Å². The third kappa shape index (κ3) is 0.630. The van der Waals surface area contributed by atoms with Gasteiger partial charge in [-0.05, 0) is 0 Å². The van der Waals surface area contributed by atoms with E-state index < -0.39 is 0 Å². The van der Waals surface area contributed by atoms with Gasteiger partial charge in [-0.25, -0.2) is 0 Å². The Hall–Kier alpha value is -0.130. The Labute approximate surface area is 51.8 Å². The third-order valence-corrected chi connectivity index (χ3v) is 2.03. The fraction of sp³-hybridized carbons (Fsp3) is 0.667. The lowest BCUT2D eigenvalue weighted by Gasteiger charge is -2.28. The summed E-state index contributed by atoms with van der Waals surface area (Å²) in [5.41, 5.74) is 0. The van der Waals surface area contributed by atoms with Crippen LogP contribution in [0.4, 0.5) is 0 Å². The summed E-state index contributed by atoms with van der Waals surface area (Å²) in [6, 6.07) is 0. The average Bonchev–Trinajstić information content (AvgIpc) is 1.92. The second kappa shape index (κ2) is 1.68. The third-order valence-electron chi connectivity index (χ3n) is 2.03. The molecule has 0 aromatic rings. The number of hydrogen-bond donors (Lipinski definition) is 0. The Morgan fingerprint density at radius 1 is 1.00 bits per heavy atom. The molecule has 2 radical (unpaired) electrons. The van der Waals surface area contributed by atoms with Crippen molar-refractivity contribution in [1.82, 2.24) is 0 Å². The topological polar surface area (TPSA) is 0 Å². The van der Waals surface area contributed by atoms with E-state index in [1.165, 1.54) is 12.6 Å². The van der Waals surface area contributed by atoms with Crippen LogP contribution in [0.25, 0.3) is 0 Å². The lowest BCUT2D eigenvalue weighted by Crippen LogP contribution is -2.21. The van der Waals surface area contributed by atoms with Gasteiger partial charge in [-0.1, -0.05) is 36.4 Å². The molecule has 0 aromatic carbocycles. The molecule has 0 aromatic heterocycles. The molecule has 0 amide bonds. The summed E-state index contributed by atoms with van der Waals surface area (Å²) in [6.07, 6.45) is 7.24. The fourth-order valence-electron chi connectivity index (χ4n) is 1.46. The first-order chi connectivity index (χ1) is 3.95. The van der Waals surface area contributed by atoms with Gasteiger partial charge in [-0.15, -0.1) is 0 Å². The molecule has 0 spiro atoms. The van der Waals surface area contributed by atoms with Crippen molar-refractivity contribution in [3.05, 3.63) is 12.2 Å². The molecule has 2 atom stereocenters. The maximum Gasteiger partial charge on any atom is 0.117 e. The lowest BCUT2D eigenvalue weighted by atomic mass is 9.36. The van der Waals surface area contributed by atoms with Crippen LogP contribution < -0.4 is 0 Å². The molecule has 1 fully saturated rings. The molecular weight excluding hydrogens is 93.7 g/mol. The maximum absolute atomic E-state index is 2.42. The normalized spacial score (nSPS) is 41.0. The van der Waals surface area contributed by atoms with Gasteiger partial charge in [0.2, 0.25) is 0 Å². The largest absolute Gasteiger partial charge is 0.117 e. The first kappa shape index (κ1) is 4.72. The molecule has 3 aliphatic rings. The van der Waals surface area contributed by atoms with Crippen molar-refractivity contribution >= 4 is 14.6 Å². The highest BCUT2D eigenvalue weighted by molar-refractivity contribution is 6.53. The van der Waals surface area contributed by atoms with Crippen molar-refractivity contribution in [1.29, 1.82) is 0 Å². The quantitative estimate of drug-likeness (QED) is 0.320. The summed E-state index contributed by atoms with van der Waals surface area (Å²) < 4.78 is 0. The van der Waals surface area contributed by atoms with Crippen molar-refractivity contribution in [3.8, 4) is 0 Å². The molecule has 0 aliphatic carbocycles. The van der Waals surface area contributed by atoms with E-state index >= 15 is 0 Å². The van der Waals surface area contributed by atoms with Gasteiger partial charge < -0.3 is 0 Å². The smallest absolute Gasteiger partial charge is 0.0945 e. The zero-order valence-electron chi connectivity index (χ0n) is 4.88. The summed E-state index contributed by atoms with van der Waals surface area (Å²) in [6.45, 7) is 0. The average molecular weight is 102 g/mol. The van der Waals surface area contributed by atoms with Crippen LogP contribution >= 0.6 is 0 Å². The molecule has 0 nitrogen and oxygen atoms in total. The monoisotopic (exact) mass is 102 g/mol. The van der Waals surface area contributed by atoms with E-state index in [2.05, 4.69) is 26.7 Å². The summed E-state index contributed by atoms with van der Waals surface area (Å²) in [5, 5.41) is 0. The molecule has 2 unspecified atom stereocenters. The Morgan fingerprint density at radius 2 is 1.50 bits per heavy atom. The minimum Gasteiger partial charge on any atom is -0.0945 e.